The fraction of sp³-hybridized carbons (Fsp3) is 0.500. The number of allylic oxidation sites excluding steroid dienone is 1. The average Bonchev–Trinajstić information content (AvgIpc) is 2.10. The smallest absolute Gasteiger partial charge is 0.277 e. The molecule has 0 unspecified atom stereocenters. The van der Waals surface area contributed by atoms with E-state index in [1.165, 1.54) is 6.08 Å². The van der Waals surface area contributed by atoms with E-state index in [1.54, 1.807) is 26.8 Å². The molecule has 0 bridgehead atoms. The van der Waals surface area contributed by atoms with Crippen molar-refractivity contribution in [3.05, 3.63) is 12.2 Å². The van der Waals surface area contributed by atoms with Crippen molar-refractivity contribution in [3.63, 3.8) is 0 Å². The van der Waals surface area contributed by atoms with Gasteiger partial charge < -0.3 is 0 Å². The van der Waals surface area contributed by atoms with Crippen molar-refractivity contribution in [1.29, 1.82) is 0 Å². The molecule has 0 aromatic rings. The molecule has 0 spiro atoms. The molecule has 1 saturated heterocycles. The summed E-state index contributed by atoms with van der Waals surface area (Å²) in [6.07, 6.45) is 3.16. The minimum atomic E-state index is -1.28. The fourth-order valence-corrected chi connectivity index (χ4v) is 1.68. The van der Waals surface area contributed by atoms with Crippen LogP contribution in [-0.2, 0) is 9.59 Å². The molecule has 0 atom stereocenters. The van der Waals surface area contributed by atoms with Crippen LogP contribution in [0.5, 0.6) is 0 Å². The SMILES string of the molecule is C/C=C/C1(C(C)C)C(=O)NC(=O)NC1=O. The summed E-state index contributed by atoms with van der Waals surface area (Å²) in [5, 5.41) is 4.21. The van der Waals surface area contributed by atoms with Gasteiger partial charge in [-0.25, -0.2) is 4.79 Å². The van der Waals surface area contributed by atoms with E-state index < -0.39 is 23.3 Å². The van der Waals surface area contributed by atoms with Gasteiger partial charge in [0.25, 0.3) is 0 Å². The molecule has 4 amide bonds. The predicted molar refractivity (Wildman–Crippen MR) is 53.8 cm³/mol. The molecule has 0 aliphatic carbocycles. The van der Waals surface area contributed by atoms with E-state index in [0.29, 0.717) is 0 Å². The van der Waals surface area contributed by atoms with Crippen LogP contribution < -0.4 is 10.6 Å². The number of rotatable bonds is 2. The van der Waals surface area contributed by atoms with E-state index in [2.05, 4.69) is 10.6 Å². The molecule has 1 aliphatic rings. The van der Waals surface area contributed by atoms with E-state index in [9.17, 15) is 14.4 Å². The molecule has 1 rings (SSSR count). The van der Waals surface area contributed by atoms with Crippen LogP contribution in [0.4, 0.5) is 4.79 Å². The maximum atomic E-state index is 11.7. The summed E-state index contributed by atoms with van der Waals surface area (Å²) in [6.45, 7) is 5.24. The third-order valence-corrected chi connectivity index (χ3v) is 2.55. The Labute approximate surface area is 87.9 Å². The first kappa shape index (κ1) is 11.4. The number of hydrogen-bond acceptors (Lipinski definition) is 3. The highest BCUT2D eigenvalue weighted by molar-refractivity contribution is 6.20. The number of urea groups is 1. The van der Waals surface area contributed by atoms with Crippen molar-refractivity contribution in [2.45, 2.75) is 20.8 Å². The van der Waals surface area contributed by atoms with Gasteiger partial charge in [0.15, 0.2) is 0 Å². The second kappa shape index (κ2) is 3.84. The van der Waals surface area contributed by atoms with Crippen molar-refractivity contribution in [2.75, 3.05) is 0 Å². The lowest BCUT2D eigenvalue weighted by molar-refractivity contribution is -0.143. The Morgan fingerprint density at radius 3 is 1.93 bits per heavy atom. The van der Waals surface area contributed by atoms with Crippen LogP contribution in [0, 0.1) is 11.3 Å². The monoisotopic (exact) mass is 210 g/mol. The van der Waals surface area contributed by atoms with Gasteiger partial charge in [-0.15, -0.1) is 0 Å². The summed E-state index contributed by atoms with van der Waals surface area (Å²) in [5.74, 6) is -1.35. The molecule has 0 radical (unpaired) electrons. The number of amides is 4. The maximum absolute atomic E-state index is 11.7. The highest BCUT2D eigenvalue weighted by Crippen LogP contribution is 2.31. The maximum Gasteiger partial charge on any atom is 0.328 e. The lowest BCUT2D eigenvalue weighted by atomic mass is 9.74. The van der Waals surface area contributed by atoms with Crippen molar-refractivity contribution in [1.82, 2.24) is 10.6 Å². The molecule has 0 aromatic carbocycles. The molecular formula is C10H14N2O3. The molecular weight excluding hydrogens is 196 g/mol. The van der Waals surface area contributed by atoms with Gasteiger partial charge in [0, 0.05) is 0 Å². The van der Waals surface area contributed by atoms with Gasteiger partial charge in [-0.1, -0.05) is 26.0 Å². The number of nitrogens with one attached hydrogen (secondary N) is 2. The van der Waals surface area contributed by atoms with Crippen molar-refractivity contribution in [2.24, 2.45) is 11.3 Å². The zero-order chi connectivity index (χ0) is 11.6. The summed E-state index contributed by atoms with van der Waals surface area (Å²) in [5.41, 5.74) is -1.28. The van der Waals surface area contributed by atoms with Gasteiger partial charge in [-0.2, -0.15) is 0 Å². The van der Waals surface area contributed by atoms with Gasteiger partial charge >= 0.3 is 6.03 Å². The van der Waals surface area contributed by atoms with E-state index in [4.69, 9.17) is 0 Å². The lowest BCUT2D eigenvalue weighted by Gasteiger charge is -2.34. The molecule has 15 heavy (non-hydrogen) atoms. The van der Waals surface area contributed by atoms with Crippen molar-refractivity contribution >= 4 is 17.8 Å². The highest BCUT2D eigenvalue weighted by Gasteiger charge is 2.50. The molecule has 1 heterocycles. The Morgan fingerprint density at radius 2 is 1.60 bits per heavy atom. The molecule has 0 saturated carbocycles. The average molecular weight is 210 g/mol. The van der Waals surface area contributed by atoms with Crippen molar-refractivity contribution < 1.29 is 14.4 Å². The molecule has 5 nitrogen and oxygen atoms in total. The Morgan fingerprint density at radius 1 is 1.13 bits per heavy atom. The van der Waals surface area contributed by atoms with Crippen LogP contribution in [0.25, 0.3) is 0 Å². The van der Waals surface area contributed by atoms with Crippen LogP contribution in [-0.4, -0.2) is 17.8 Å². The third kappa shape index (κ3) is 1.65. The minimum absolute atomic E-state index is 0.221. The topological polar surface area (TPSA) is 75.3 Å². The normalized spacial score (nSPS) is 20.7. The number of hydrogen-bond donors (Lipinski definition) is 2. The first-order chi connectivity index (χ1) is 6.95. The summed E-state index contributed by atoms with van der Waals surface area (Å²) < 4.78 is 0. The van der Waals surface area contributed by atoms with Gasteiger partial charge in [0.2, 0.25) is 11.8 Å². The van der Waals surface area contributed by atoms with Crippen LogP contribution in [0.3, 0.4) is 0 Å². The molecule has 1 aliphatic heterocycles. The standard InChI is InChI=1S/C10H14N2O3/c1-4-5-10(6(2)3)7(13)11-9(15)12-8(10)14/h4-6H,1-3H3,(H2,11,12,13,14,15)/b5-4+. The molecule has 5 heteroatoms. The van der Waals surface area contributed by atoms with E-state index in [-0.39, 0.29) is 5.92 Å². The summed E-state index contributed by atoms with van der Waals surface area (Å²) in [4.78, 5) is 34.4. The molecule has 0 aromatic heterocycles. The van der Waals surface area contributed by atoms with Gasteiger partial charge in [0.1, 0.15) is 5.41 Å². The minimum Gasteiger partial charge on any atom is -0.277 e. The first-order valence-electron chi connectivity index (χ1n) is 4.76. The third-order valence-electron chi connectivity index (χ3n) is 2.55. The summed E-state index contributed by atoms with van der Waals surface area (Å²) in [6, 6.07) is -0.759. The zero-order valence-electron chi connectivity index (χ0n) is 8.96. The summed E-state index contributed by atoms with van der Waals surface area (Å²) >= 11 is 0. The highest BCUT2D eigenvalue weighted by atomic mass is 16.2. The van der Waals surface area contributed by atoms with Crippen molar-refractivity contribution in [3.8, 4) is 0 Å². The number of carbonyl (C=O) groups is 3. The quantitative estimate of drug-likeness (QED) is 0.517. The number of imide groups is 2. The largest absolute Gasteiger partial charge is 0.328 e. The van der Waals surface area contributed by atoms with Gasteiger partial charge in [0.05, 0.1) is 0 Å². The zero-order valence-corrected chi connectivity index (χ0v) is 8.96. The van der Waals surface area contributed by atoms with E-state index in [0.717, 1.165) is 0 Å². The molecule has 2 N–H and O–H groups in total. The summed E-state index contributed by atoms with van der Waals surface area (Å²) in [7, 11) is 0. The Bertz CT molecular complexity index is 325. The molecule has 1 fully saturated rings. The lowest BCUT2D eigenvalue weighted by Crippen LogP contribution is -2.63. The molecule has 82 valence electrons. The second-order valence-electron chi connectivity index (χ2n) is 3.76. The Kier molecular flexibility index (Phi) is 2.93. The predicted octanol–water partition coefficient (Wildman–Crippen LogP) is 0.571. The van der Waals surface area contributed by atoms with Gasteiger partial charge in [-0.3, -0.25) is 20.2 Å². The van der Waals surface area contributed by atoms with E-state index in [1.807, 2.05) is 0 Å². The van der Waals surface area contributed by atoms with Crippen LogP contribution in [0.1, 0.15) is 20.8 Å². The van der Waals surface area contributed by atoms with E-state index >= 15 is 0 Å². The number of carbonyl (C=O) groups excluding carboxylic acids is 3. The van der Waals surface area contributed by atoms with Gasteiger partial charge in [-0.05, 0) is 12.8 Å². The number of barbiturate groups is 1. The second-order valence-corrected chi connectivity index (χ2v) is 3.76. The van der Waals surface area contributed by atoms with Crippen LogP contribution in [0.15, 0.2) is 12.2 Å². The van der Waals surface area contributed by atoms with Crippen LogP contribution in [0.2, 0.25) is 0 Å². The van der Waals surface area contributed by atoms with Crippen LogP contribution >= 0.6 is 0 Å². The first-order valence-corrected chi connectivity index (χ1v) is 4.76. The fourth-order valence-electron chi connectivity index (χ4n) is 1.68. The Balaban J connectivity index is 3.21. The Hall–Kier alpha value is -1.65.